The third-order valence-electron chi connectivity index (χ3n) is 4.94. The van der Waals surface area contributed by atoms with Crippen LogP contribution in [-0.2, 0) is 11.2 Å². The van der Waals surface area contributed by atoms with Gasteiger partial charge in [-0.2, -0.15) is 5.10 Å². The third kappa shape index (κ3) is 5.27. The highest BCUT2D eigenvalue weighted by Gasteiger charge is 2.30. The monoisotopic (exact) mass is 451 g/mol. The molecule has 1 atom stereocenters. The molecule has 1 saturated heterocycles. The van der Waals surface area contributed by atoms with Gasteiger partial charge in [0.25, 0.3) is 0 Å². The van der Waals surface area contributed by atoms with Crippen LogP contribution >= 0.6 is 23.4 Å². The predicted octanol–water partition coefficient (Wildman–Crippen LogP) is 5.89. The van der Waals surface area contributed by atoms with Crippen molar-refractivity contribution in [2.45, 2.75) is 31.4 Å². The number of amides is 1. The molecule has 0 saturated carbocycles. The fraction of sp³-hybridized carbons (Fsp3) is 0.208. The van der Waals surface area contributed by atoms with E-state index in [9.17, 15) is 4.79 Å². The number of nitrogens with one attached hydrogen (secondary N) is 1. The minimum Gasteiger partial charge on any atom is -0.455 e. The highest BCUT2D eigenvalue weighted by molar-refractivity contribution is 8.15. The summed E-state index contributed by atoms with van der Waals surface area (Å²) < 4.78 is 5.77. The molecule has 1 aromatic heterocycles. The zero-order valence-corrected chi connectivity index (χ0v) is 18.8. The molecule has 1 unspecified atom stereocenters. The number of amidine groups is 1. The van der Waals surface area contributed by atoms with Crippen LogP contribution in [0.15, 0.2) is 75.3 Å². The van der Waals surface area contributed by atoms with E-state index in [1.807, 2.05) is 30.3 Å². The molecule has 3 aromatic rings. The summed E-state index contributed by atoms with van der Waals surface area (Å²) in [5.41, 5.74) is 3.24. The van der Waals surface area contributed by atoms with Crippen molar-refractivity contribution >= 4 is 40.7 Å². The molecular weight excluding hydrogens is 430 g/mol. The SMILES string of the molecule is CC(C)c1ccc(CC2S/C(=N/N=C/c3ccc(-c4ccccc4Cl)o3)NC2=O)cc1. The van der Waals surface area contributed by atoms with Gasteiger partial charge in [0.05, 0.1) is 16.5 Å². The van der Waals surface area contributed by atoms with E-state index in [0.29, 0.717) is 34.0 Å². The number of hydrogen-bond acceptors (Lipinski definition) is 5. The van der Waals surface area contributed by atoms with E-state index in [1.165, 1.54) is 23.5 Å². The van der Waals surface area contributed by atoms with Crippen molar-refractivity contribution in [3.05, 3.63) is 82.6 Å². The molecule has 1 aliphatic heterocycles. The quantitative estimate of drug-likeness (QED) is 0.375. The lowest BCUT2D eigenvalue weighted by molar-refractivity contribution is -0.118. The number of carbonyl (C=O) groups is 1. The largest absolute Gasteiger partial charge is 0.455 e. The molecule has 31 heavy (non-hydrogen) atoms. The molecule has 158 valence electrons. The van der Waals surface area contributed by atoms with Crippen LogP contribution in [0.3, 0.4) is 0 Å². The van der Waals surface area contributed by atoms with E-state index in [2.05, 4.69) is 53.6 Å². The second kappa shape index (κ2) is 9.54. The van der Waals surface area contributed by atoms with Crippen LogP contribution in [0.4, 0.5) is 0 Å². The Morgan fingerprint density at radius 3 is 2.65 bits per heavy atom. The first-order valence-corrected chi connectivity index (χ1v) is 11.3. The summed E-state index contributed by atoms with van der Waals surface area (Å²) in [6, 6.07) is 19.5. The van der Waals surface area contributed by atoms with Crippen LogP contribution in [0.1, 0.15) is 36.7 Å². The number of halogens is 1. The molecule has 4 rings (SSSR count). The summed E-state index contributed by atoms with van der Waals surface area (Å²) in [5, 5.41) is 11.9. The van der Waals surface area contributed by atoms with Crippen molar-refractivity contribution < 1.29 is 9.21 Å². The van der Waals surface area contributed by atoms with Gasteiger partial charge in [0.2, 0.25) is 5.91 Å². The zero-order valence-electron chi connectivity index (χ0n) is 17.2. The van der Waals surface area contributed by atoms with Crippen LogP contribution in [0.5, 0.6) is 0 Å². The number of thioether (sulfide) groups is 1. The predicted molar refractivity (Wildman–Crippen MR) is 128 cm³/mol. The number of nitrogens with zero attached hydrogens (tertiary/aromatic N) is 2. The highest BCUT2D eigenvalue weighted by atomic mass is 35.5. The maximum Gasteiger partial charge on any atom is 0.239 e. The Balaban J connectivity index is 1.37. The highest BCUT2D eigenvalue weighted by Crippen LogP contribution is 2.29. The molecule has 1 N–H and O–H groups in total. The van der Waals surface area contributed by atoms with Gasteiger partial charge in [-0.1, -0.05) is 73.6 Å². The molecule has 2 heterocycles. The van der Waals surface area contributed by atoms with E-state index in [1.54, 1.807) is 6.07 Å². The number of rotatable bonds is 6. The summed E-state index contributed by atoms with van der Waals surface area (Å²) in [6.45, 7) is 4.33. The fourth-order valence-corrected chi connectivity index (χ4v) is 4.40. The van der Waals surface area contributed by atoms with Crippen molar-refractivity contribution in [3.63, 3.8) is 0 Å². The minimum atomic E-state index is -0.214. The molecule has 0 radical (unpaired) electrons. The van der Waals surface area contributed by atoms with Gasteiger partial charge in [-0.15, -0.1) is 5.10 Å². The molecule has 1 aliphatic rings. The molecule has 1 amide bonds. The van der Waals surface area contributed by atoms with Crippen LogP contribution in [-0.4, -0.2) is 22.5 Å². The Kier molecular flexibility index (Phi) is 6.59. The third-order valence-corrected chi connectivity index (χ3v) is 6.35. The number of hydrogen-bond donors (Lipinski definition) is 1. The standard InChI is InChI=1S/C24H22ClN3O2S/c1-15(2)17-9-7-16(8-10-17)13-22-23(29)27-24(31-22)28-26-14-18-11-12-21(30-18)19-5-3-4-6-20(19)25/h3-12,14-15,22H,13H2,1-2H3,(H,27,28,29)/b26-14+. The van der Waals surface area contributed by atoms with Crippen LogP contribution in [0.25, 0.3) is 11.3 Å². The van der Waals surface area contributed by atoms with Gasteiger partial charge < -0.3 is 9.73 Å². The van der Waals surface area contributed by atoms with Gasteiger partial charge in [-0.25, -0.2) is 0 Å². The van der Waals surface area contributed by atoms with Crippen molar-refractivity contribution in [2.75, 3.05) is 0 Å². The van der Waals surface area contributed by atoms with E-state index < -0.39 is 0 Å². The maximum atomic E-state index is 12.3. The minimum absolute atomic E-state index is 0.0501. The van der Waals surface area contributed by atoms with E-state index in [4.69, 9.17) is 16.0 Å². The molecule has 0 bridgehead atoms. The Morgan fingerprint density at radius 1 is 1.13 bits per heavy atom. The van der Waals surface area contributed by atoms with E-state index in [-0.39, 0.29) is 11.2 Å². The Labute approximate surface area is 190 Å². The lowest BCUT2D eigenvalue weighted by Crippen LogP contribution is -2.25. The molecule has 1 fully saturated rings. The summed E-state index contributed by atoms with van der Waals surface area (Å²) in [5.74, 6) is 1.65. The fourth-order valence-electron chi connectivity index (χ4n) is 3.21. The van der Waals surface area contributed by atoms with Gasteiger partial charge in [0.1, 0.15) is 11.5 Å². The van der Waals surface area contributed by atoms with Gasteiger partial charge in [0, 0.05) is 5.56 Å². The maximum absolute atomic E-state index is 12.3. The topological polar surface area (TPSA) is 67.0 Å². The average Bonchev–Trinajstić information content (AvgIpc) is 3.35. The van der Waals surface area contributed by atoms with Crippen molar-refractivity contribution in [1.82, 2.24) is 5.32 Å². The molecule has 5 nitrogen and oxygen atoms in total. The van der Waals surface area contributed by atoms with E-state index in [0.717, 1.165) is 11.1 Å². The second-order valence-electron chi connectivity index (χ2n) is 7.53. The first-order chi connectivity index (χ1) is 15.0. The summed E-state index contributed by atoms with van der Waals surface area (Å²) in [7, 11) is 0. The van der Waals surface area contributed by atoms with Crippen molar-refractivity contribution in [2.24, 2.45) is 10.2 Å². The smallest absolute Gasteiger partial charge is 0.239 e. The van der Waals surface area contributed by atoms with Crippen molar-refractivity contribution in [1.29, 1.82) is 0 Å². The first kappa shape index (κ1) is 21.4. The second-order valence-corrected chi connectivity index (χ2v) is 9.13. The van der Waals surface area contributed by atoms with E-state index >= 15 is 0 Å². The van der Waals surface area contributed by atoms with Crippen molar-refractivity contribution in [3.8, 4) is 11.3 Å². The van der Waals surface area contributed by atoms with Crippen LogP contribution < -0.4 is 5.32 Å². The number of carbonyl (C=O) groups excluding carboxylic acids is 1. The number of furan rings is 1. The Bertz CT molecular complexity index is 1140. The van der Waals surface area contributed by atoms with Crippen LogP contribution in [0.2, 0.25) is 5.02 Å². The molecule has 0 aliphatic carbocycles. The molecule has 0 spiro atoms. The lowest BCUT2D eigenvalue weighted by atomic mass is 10.0. The zero-order chi connectivity index (χ0) is 21.8. The molecular formula is C24H22ClN3O2S. The summed E-state index contributed by atoms with van der Waals surface area (Å²) in [4.78, 5) is 12.3. The Hall–Kier alpha value is -2.83. The van der Waals surface area contributed by atoms with Gasteiger partial charge in [-0.05, 0) is 47.7 Å². The average molecular weight is 452 g/mol. The van der Waals surface area contributed by atoms with Gasteiger partial charge >= 0.3 is 0 Å². The molecule has 2 aromatic carbocycles. The van der Waals surface area contributed by atoms with Gasteiger partial charge in [-0.3, -0.25) is 4.79 Å². The van der Waals surface area contributed by atoms with Crippen LogP contribution in [0, 0.1) is 0 Å². The summed E-state index contributed by atoms with van der Waals surface area (Å²) in [6.07, 6.45) is 2.16. The summed E-state index contributed by atoms with van der Waals surface area (Å²) >= 11 is 7.60. The normalized spacial score (nSPS) is 17.7. The molecule has 7 heteroatoms. The Morgan fingerprint density at radius 2 is 1.90 bits per heavy atom. The lowest BCUT2D eigenvalue weighted by Gasteiger charge is -2.08. The number of benzene rings is 2. The van der Waals surface area contributed by atoms with Gasteiger partial charge in [0.15, 0.2) is 5.17 Å². The first-order valence-electron chi connectivity index (χ1n) is 10.0.